The number of aromatic nitrogens is 1. The van der Waals surface area contributed by atoms with E-state index in [4.69, 9.17) is 10.00 Å². The fourth-order valence-corrected chi connectivity index (χ4v) is 4.53. The number of barbiturate groups is 1. The summed E-state index contributed by atoms with van der Waals surface area (Å²) in [4.78, 5) is 50.0. The van der Waals surface area contributed by atoms with E-state index in [9.17, 15) is 27.6 Å². The number of carbonyl (C=O) groups is 4. The van der Waals surface area contributed by atoms with Gasteiger partial charge < -0.3 is 4.74 Å². The number of carbonyl (C=O) groups excluding carboxylic acids is 4. The Morgan fingerprint density at radius 1 is 1.00 bits per heavy atom. The van der Waals surface area contributed by atoms with Crippen LogP contribution in [-0.4, -0.2) is 42.1 Å². The quantitative estimate of drug-likeness (QED) is 0.535. The molecule has 2 aliphatic heterocycles. The van der Waals surface area contributed by atoms with Crippen molar-refractivity contribution in [1.82, 2.24) is 20.3 Å². The number of hydrogen-bond acceptors (Lipinski definition) is 9. The van der Waals surface area contributed by atoms with Crippen LogP contribution < -0.4 is 25.0 Å². The largest absolute Gasteiger partial charge is 0.439 e. The minimum Gasteiger partial charge on any atom is -0.439 e. The zero-order chi connectivity index (χ0) is 22.4. The fraction of sp³-hybridized carbons (Fsp3) is 0.0588. The van der Waals surface area contributed by atoms with Crippen molar-refractivity contribution in [2.75, 3.05) is 4.90 Å². The molecule has 3 heterocycles. The van der Waals surface area contributed by atoms with Crippen LogP contribution in [0.25, 0.3) is 0 Å². The van der Waals surface area contributed by atoms with E-state index >= 15 is 0 Å². The van der Waals surface area contributed by atoms with Gasteiger partial charge in [0.15, 0.2) is 0 Å². The first kappa shape index (κ1) is 19.8. The van der Waals surface area contributed by atoms with E-state index in [0.717, 1.165) is 6.20 Å². The van der Waals surface area contributed by atoms with Crippen LogP contribution in [0.2, 0.25) is 0 Å². The normalized spacial score (nSPS) is 18.7. The standard InChI is InChI=1S/C17H10N6O7S/c18-7-9-1-4-11(5-2-9)30-12-6-3-10(8-19-12)23-16(27)22-31(28,29)17(23)13(24)20-15(26)21-14(17)25/h1-6,8H,(H,22,27)(H2,20,21,24,25,26). The van der Waals surface area contributed by atoms with E-state index in [1.54, 1.807) is 15.4 Å². The number of urea groups is 2. The maximum atomic E-state index is 12.5. The minimum atomic E-state index is -4.88. The second-order valence-corrected chi connectivity index (χ2v) is 8.02. The molecule has 0 saturated carbocycles. The molecule has 1 spiro atoms. The van der Waals surface area contributed by atoms with Gasteiger partial charge in [0, 0.05) is 6.07 Å². The van der Waals surface area contributed by atoms with Crippen molar-refractivity contribution in [3.05, 3.63) is 48.2 Å². The molecular weight excluding hydrogens is 432 g/mol. The first-order valence-electron chi connectivity index (χ1n) is 8.36. The lowest BCUT2D eigenvalue weighted by Gasteiger charge is -2.34. The van der Waals surface area contributed by atoms with Crippen LogP contribution in [0, 0.1) is 11.3 Å². The maximum Gasteiger partial charge on any atom is 0.337 e. The van der Waals surface area contributed by atoms with Crippen LogP contribution in [0.4, 0.5) is 15.3 Å². The molecule has 3 N–H and O–H groups in total. The topological polar surface area (TPSA) is 188 Å². The average Bonchev–Trinajstić information content (AvgIpc) is 2.93. The summed E-state index contributed by atoms with van der Waals surface area (Å²) in [5.74, 6) is -2.64. The SMILES string of the molecule is N#Cc1ccc(Oc2ccc(N3C(=O)NS(=O)(=O)C34C(=O)NC(=O)NC4=O)cn2)cc1. The van der Waals surface area contributed by atoms with E-state index < -0.39 is 38.8 Å². The highest BCUT2D eigenvalue weighted by Gasteiger charge is 2.71. The molecule has 13 nitrogen and oxygen atoms in total. The van der Waals surface area contributed by atoms with Crippen molar-refractivity contribution >= 4 is 39.6 Å². The number of amides is 6. The van der Waals surface area contributed by atoms with Crippen LogP contribution in [-0.2, 0) is 19.6 Å². The van der Waals surface area contributed by atoms with E-state index in [2.05, 4.69) is 4.98 Å². The highest BCUT2D eigenvalue weighted by molar-refractivity contribution is 7.94. The number of nitrogens with zero attached hydrogens (tertiary/aromatic N) is 3. The molecule has 2 saturated heterocycles. The number of sulfonamides is 1. The summed E-state index contributed by atoms with van der Waals surface area (Å²) in [5.41, 5.74) is 0.190. The van der Waals surface area contributed by atoms with E-state index in [1.807, 2.05) is 6.07 Å². The third-order valence-electron chi connectivity index (χ3n) is 4.38. The Hall–Kier alpha value is -4.51. The molecule has 31 heavy (non-hydrogen) atoms. The molecule has 1 aromatic heterocycles. The van der Waals surface area contributed by atoms with Crippen LogP contribution in [0.5, 0.6) is 11.6 Å². The number of nitriles is 1. The van der Waals surface area contributed by atoms with Gasteiger partial charge in [-0.1, -0.05) is 0 Å². The van der Waals surface area contributed by atoms with Crippen LogP contribution >= 0.6 is 0 Å². The van der Waals surface area contributed by atoms with E-state index in [1.165, 1.54) is 36.4 Å². The molecule has 2 fully saturated rings. The number of imide groups is 2. The Bertz CT molecular complexity index is 1260. The zero-order valence-electron chi connectivity index (χ0n) is 15.1. The van der Waals surface area contributed by atoms with Gasteiger partial charge in [0.1, 0.15) is 5.75 Å². The molecule has 1 aromatic carbocycles. The summed E-state index contributed by atoms with van der Waals surface area (Å²) in [6, 6.07) is 8.00. The van der Waals surface area contributed by atoms with Gasteiger partial charge >= 0.3 is 16.9 Å². The monoisotopic (exact) mass is 442 g/mol. The maximum absolute atomic E-state index is 12.5. The number of pyridine rings is 1. The Kier molecular flexibility index (Phi) is 4.33. The summed E-state index contributed by atoms with van der Waals surface area (Å²) < 4.78 is 32.2. The van der Waals surface area contributed by atoms with Crippen molar-refractivity contribution in [1.29, 1.82) is 5.26 Å². The van der Waals surface area contributed by atoms with Crippen molar-refractivity contribution < 1.29 is 32.3 Å². The molecule has 0 bridgehead atoms. The lowest BCUT2D eigenvalue weighted by Crippen LogP contribution is -2.74. The molecule has 156 valence electrons. The first-order valence-corrected chi connectivity index (χ1v) is 9.85. The summed E-state index contributed by atoms with van der Waals surface area (Å²) >= 11 is 0. The van der Waals surface area contributed by atoms with Gasteiger partial charge in [-0.05, 0) is 30.3 Å². The number of rotatable bonds is 3. The van der Waals surface area contributed by atoms with Gasteiger partial charge in [0.2, 0.25) is 5.88 Å². The minimum absolute atomic E-state index is 0.0395. The summed E-state index contributed by atoms with van der Waals surface area (Å²) in [6.07, 6.45) is 1.01. The number of ether oxygens (including phenoxy) is 1. The molecule has 4 rings (SSSR count). The predicted octanol–water partition coefficient (Wildman–Crippen LogP) is -0.333. The van der Waals surface area contributed by atoms with Gasteiger partial charge in [-0.15, -0.1) is 0 Å². The Morgan fingerprint density at radius 2 is 1.65 bits per heavy atom. The second kappa shape index (κ2) is 6.78. The average molecular weight is 442 g/mol. The van der Waals surface area contributed by atoms with Crippen LogP contribution in [0.1, 0.15) is 5.56 Å². The molecule has 14 heteroatoms. The van der Waals surface area contributed by atoms with Crippen LogP contribution in [0.3, 0.4) is 0 Å². The summed E-state index contributed by atoms with van der Waals surface area (Å²) in [7, 11) is -4.88. The first-order chi connectivity index (χ1) is 14.7. The molecule has 0 aliphatic carbocycles. The van der Waals surface area contributed by atoms with Crippen molar-refractivity contribution in [2.45, 2.75) is 4.87 Å². The van der Waals surface area contributed by atoms with Gasteiger partial charge in [-0.2, -0.15) is 5.26 Å². The number of hydrogen-bond donors (Lipinski definition) is 3. The highest BCUT2D eigenvalue weighted by atomic mass is 32.2. The number of anilines is 1. The van der Waals surface area contributed by atoms with E-state index in [-0.39, 0.29) is 11.6 Å². The lowest BCUT2D eigenvalue weighted by molar-refractivity contribution is -0.133. The van der Waals surface area contributed by atoms with Gasteiger partial charge in [0.05, 0.1) is 23.5 Å². The Labute approximate surface area is 173 Å². The third kappa shape index (κ3) is 2.91. The molecule has 2 aliphatic rings. The summed E-state index contributed by atoms with van der Waals surface area (Å²) in [6.45, 7) is 0. The van der Waals surface area contributed by atoms with Crippen molar-refractivity contribution in [2.24, 2.45) is 0 Å². The molecule has 0 atom stereocenters. The van der Waals surface area contributed by atoms with E-state index in [0.29, 0.717) is 16.2 Å². The Balaban J connectivity index is 1.70. The predicted molar refractivity (Wildman–Crippen MR) is 99.8 cm³/mol. The molecule has 2 aromatic rings. The summed E-state index contributed by atoms with van der Waals surface area (Å²) in [5, 5.41) is 12.2. The van der Waals surface area contributed by atoms with Crippen molar-refractivity contribution in [3.63, 3.8) is 0 Å². The van der Waals surface area contributed by atoms with Gasteiger partial charge in [0.25, 0.3) is 21.8 Å². The highest BCUT2D eigenvalue weighted by Crippen LogP contribution is 2.36. The molecular formula is C17H10N6O7S. The smallest absolute Gasteiger partial charge is 0.337 e. The van der Waals surface area contributed by atoms with Crippen molar-refractivity contribution in [3.8, 4) is 17.7 Å². The zero-order valence-corrected chi connectivity index (χ0v) is 16.0. The van der Waals surface area contributed by atoms with Crippen LogP contribution in [0.15, 0.2) is 42.6 Å². The third-order valence-corrected chi connectivity index (χ3v) is 6.16. The lowest BCUT2D eigenvalue weighted by atomic mass is 10.1. The molecule has 0 radical (unpaired) electrons. The molecule has 6 amide bonds. The van der Waals surface area contributed by atoms with Gasteiger partial charge in [-0.3, -0.25) is 25.1 Å². The second-order valence-electron chi connectivity index (χ2n) is 6.22. The Morgan fingerprint density at radius 3 is 2.19 bits per heavy atom. The number of benzene rings is 1. The number of nitrogens with one attached hydrogen (secondary N) is 3. The van der Waals surface area contributed by atoms with Gasteiger partial charge in [-0.25, -0.2) is 27.7 Å². The fourth-order valence-electron chi connectivity index (χ4n) is 3.04. The molecule has 0 unspecified atom stereocenters.